The average molecular weight is 309 g/mol. The second kappa shape index (κ2) is 7.15. The van der Waals surface area contributed by atoms with Crippen molar-refractivity contribution in [2.45, 2.75) is 13.7 Å². The smallest absolute Gasteiger partial charge is 0.343 e. The van der Waals surface area contributed by atoms with Gasteiger partial charge in [-0.1, -0.05) is 0 Å². The van der Waals surface area contributed by atoms with Crippen LogP contribution in [0.3, 0.4) is 0 Å². The fourth-order valence-corrected chi connectivity index (χ4v) is 2.06. The molecular formula is C15H16FNO5. The Balaban J connectivity index is 2.58. The Morgan fingerprint density at radius 3 is 2.86 bits per heavy atom. The summed E-state index contributed by atoms with van der Waals surface area (Å²) in [4.78, 5) is 24.2. The van der Waals surface area contributed by atoms with Gasteiger partial charge in [-0.25, -0.2) is 9.18 Å². The molecule has 1 aromatic heterocycles. The molecule has 0 atom stereocenters. The highest BCUT2D eigenvalue weighted by molar-refractivity contribution is 5.93. The van der Waals surface area contributed by atoms with Crippen LogP contribution in [0.15, 0.2) is 29.2 Å². The quantitative estimate of drug-likeness (QED) is 0.642. The Labute approximate surface area is 125 Å². The largest absolute Gasteiger partial charge is 0.462 e. The molecular weight excluding hydrogens is 293 g/mol. The number of fused-ring (bicyclic) bond motifs is 1. The first-order chi connectivity index (χ1) is 10.6. The third-order valence-electron chi connectivity index (χ3n) is 3.00. The molecule has 0 aliphatic carbocycles. The number of pyridine rings is 1. The van der Waals surface area contributed by atoms with Gasteiger partial charge in [-0.3, -0.25) is 4.79 Å². The van der Waals surface area contributed by atoms with Crippen molar-refractivity contribution in [2.24, 2.45) is 0 Å². The van der Waals surface area contributed by atoms with Crippen LogP contribution in [-0.4, -0.2) is 35.5 Å². The van der Waals surface area contributed by atoms with Gasteiger partial charge in [0.1, 0.15) is 18.1 Å². The van der Waals surface area contributed by atoms with Crippen molar-refractivity contribution in [1.82, 2.24) is 4.57 Å². The summed E-state index contributed by atoms with van der Waals surface area (Å²) in [5.41, 5.74) is -0.351. The predicted octanol–water partition coefficient (Wildman–Crippen LogP) is 1.28. The molecule has 6 nitrogen and oxygen atoms in total. The topological polar surface area (TPSA) is 77.8 Å². The SMILES string of the molecule is CCOC(=O)c1cn(COCCO)c2ccc(F)cc2c1=O. The van der Waals surface area contributed by atoms with Crippen LogP contribution in [0.25, 0.3) is 10.9 Å². The van der Waals surface area contributed by atoms with Crippen LogP contribution >= 0.6 is 0 Å². The Morgan fingerprint density at radius 1 is 1.41 bits per heavy atom. The van der Waals surface area contributed by atoms with E-state index < -0.39 is 17.2 Å². The highest BCUT2D eigenvalue weighted by Crippen LogP contribution is 2.14. The Kier molecular flexibility index (Phi) is 5.24. The maximum Gasteiger partial charge on any atom is 0.343 e. The van der Waals surface area contributed by atoms with Gasteiger partial charge in [0, 0.05) is 11.6 Å². The van der Waals surface area contributed by atoms with E-state index >= 15 is 0 Å². The van der Waals surface area contributed by atoms with E-state index in [1.54, 1.807) is 6.92 Å². The van der Waals surface area contributed by atoms with Crippen molar-refractivity contribution >= 4 is 16.9 Å². The minimum Gasteiger partial charge on any atom is -0.462 e. The number of carbonyl (C=O) groups excluding carboxylic acids is 1. The maximum absolute atomic E-state index is 13.4. The lowest BCUT2D eigenvalue weighted by Gasteiger charge is -2.13. The van der Waals surface area contributed by atoms with Gasteiger partial charge in [-0.05, 0) is 25.1 Å². The first-order valence-electron chi connectivity index (χ1n) is 6.77. The zero-order chi connectivity index (χ0) is 16.1. The first kappa shape index (κ1) is 16.1. The fraction of sp³-hybridized carbons (Fsp3) is 0.333. The third kappa shape index (κ3) is 3.32. The van der Waals surface area contributed by atoms with Crippen LogP contribution in [0.5, 0.6) is 0 Å². The minimum absolute atomic E-state index is 0.00930. The Hall–Kier alpha value is -2.25. The molecule has 118 valence electrons. The van der Waals surface area contributed by atoms with Gasteiger partial charge in [0.25, 0.3) is 0 Å². The van der Waals surface area contributed by atoms with E-state index in [2.05, 4.69) is 0 Å². The molecule has 0 fully saturated rings. The summed E-state index contributed by atoms with van der Waals surface area (Å²) < 4.78 is 25.0. The molecule has 7 heteroatoms. The fourth-order valence-electron chi connectivity index (χ4n) is 2.06. The lowest BCUT2D eigenvalue weighted by molar-refractivity contribution is 0.0479. The van der Waals surface area contributed by atoms with Gasteiger partial charge in [-0.2, -0.15) is 0 Å². The van der Waals surface area contributed by atoms with Crippen LogP contribution in [-0.2, 0) is 16.2 Å². The van der Waals surface area contributed by atoms with Gasteiger partial charge in [0.15, 0.2) is 0 Å². The average Bonchev–Trinajstić information content (AvgIpc) is 2.50. The highest BCUT2D eigenvalue weighted by atomic mass is 19.1. The standard InChI is InChI=1S/C15H16FNO5/c1-2-22-15(20)12-8-17(9-21-6-5-18)13-4-3-10(16)7-11(13)14(12)19/h3-4,7-8,18H,2,5-6,9H2,1H3. The number of rotatable bonds is 6. The summed E-state index contributed by atoms with van der Waals surface area (Å²) in [6.07, 6.45) is 1.32. The van der Waals surface area contributed by atoms with E-state index in [9.17, 15) is 14.0 Å². The van der Waals surface area contributed by atoms with E-state index in [1.165, 1.54) is 22.9 Å². The lowest BCUT2D eigenvalue weighted by Crippen LogP contribution is -2.21. The highest BCUT2D eigenvalue weighted by Gasteiger charge is 2.17. The molecule has 2 aromatic rings. The summed E-state index contributed by atoms with van der Waals surface area (Å²) in [6, 6.07) is 3.72. The number of hydrogen-bond acceptors (Lipinski definition) is 5. The number of carbonyl (C=O) groups is 1. The maximum atomic E-state index is 13.4. The number of aromatic nitrogens is 1. The van der Waals surface area contributed by atoms with Gasteiger partial charge in [0.2, 0.25) is 5.43 Å². The molecule has 0 bridgehead atoms. The number of ether oxygens (including phenoxy) is 2. The number of esters is 1. The van der Waals surface area contributed by atoms with E-state index in [-0.39, 0.29) is 37.5 Å². The zero-order valence-electron chi connectivity index (χ0n) is 12.0. The van der Waals surface area contributed by atoms with E-state index in [1.807, 2.05) is 0 Å². The molecule has 0 amide bonds. The molecule has 1 aromatic carbocycles. The normalized spacial score (nSPS) is 10.9. The molecule has 2 rings (SSSR count). The predicted molar refractivity (Wildman–Crippen MR) is 77.2 cm³/mol. The number of aliphatic hydroxyl groups excluding tert-OH is 1. The van der Waals surface area contributed by atoms with E-state index in [4.69, 9.17) is 14.6 Å². The number of nitrogens with zero attached hydrogens (tertiary/aromatic N) is 1. The molecule has 0 saturated heterocycles. The van der Waals surface area contributed by atoms with Crippen molar-refractivity contribution in [1.29, 1.82) is 0 Å². The molecule has 0 aliphatic heterocycles. The number of hydrogen-bond donors (Lipinski definition) is 1. The third-order valence-corrected chi connectivity index (χ3v) is 3.00. The van der Waals surface area contributed by atoms with Gasteiger partial charge in [0.05, 0.1) is 25.3 Å². The lowest BCUT2D eigenvalue weighted by atomic mass is 10.1. The second-order valence-corrected chi connectivity index (χ2v) is 4.48. The van der Waals surface area contributed by atoms with Crippen LogP contribution in [0.1, 0.15) is 17.3 Å². The van der Waals surface area contributed by atoms with Crippen molar-refractivity contribution < 1.29 is 23.8 Å². The van der Waals surface area contributed by atoms with Crippen molar-refractivity contribution in [3.63, 3.8) is 0 Å². The van der Waals surface area contributed by atoms with Crippen LogP contribution in [0, 0.1) is 5.82 Å². The molecule has 0 radical (unpaired) electrons. The summed E-state index contributed by atoms with van der Waals surface area (Å²) >= 11 is 0. The summed E-state index contributed by atoms with van der Waals surface area (Å²) in [5, 5.41) is 8.81. The molecule has 1 heterocycles. The number of benzene rings is 1. The van der Waals surface area contributed by atoms with Gasteiger partial charge >= 0.3 is 5.97 Å². The van der Waals surface area contributed by atoms with Crippen LogP contribution < -0.4 is 5.43 Å². The molecule has 1 N–H and O–H groups in total. The van der Waals surface area contributed by atoms with Gasteiger partial charge < -0.3 is 19.1 Å². The monoisotopic (exact) mass is 309 g/mol. The number of halogens is 1. The summed E-state index contributed by atoms with van der Waals surface area (Å²) in [7, 11) is 0. The van der Waals surface area contributed by atoms with Gasteiger partial charge in [-0.15, -0.1) is 0 Å². The van der Waals surface area contributed by atoms with E-state index in [0.717, 1.165) is 6.07 Å². The summed E-state index contributed by atoms with van der Waals surface area (Å²) in [5.74, 6) is -1.34. The van der Waals surface area contributed by atoms with Crippen LogP contribution in [0.2, 0.25) is 0 Å². The summed E-state index contributed by atoms with van der Waals surface area (Å²) in [6.45, 7) is 1.71. The first-order valence-corrected chi connectivity index (χ1v) is 6.77. The van der Waals surface area contributed by atoms with E-state index in [0.29, 0.717) is 5.52 Å². The Bertz CT molecular complexity index is 741. The second-order valence-electron chi connectivity index (χ2n) is 4.48. The van der Waals surface area contributed by atoms with Crippen molar-refractivity contribution in [2.75, 3.05) is 19.8 Å². The van der Waals surface area contributed by atoms with Crippen molar-refractivity contribution in [3.05, 3.63) is 46.0 Å². The molecule has 0 saturated carbocycles. The zero-order valence-corrected chi connectivity index (χ0v) is 12.0. The van der Waals surface area contributed by atoms with Crippen LogP contribution in [0.4, 0.5) is 4.39 Å². The Morgan fingerprint density at radius 2 is 2.18 bits per heavy atom. The molecule has 22 heavy (non-hydrogen) atoms. The molecule has 0 unspecified atom stereocenters. The minimum atomic E-state index is -0.769. The number of aliphatic hydroxyl groups is 1. The molecule has 0 aliphatic rings. The molecule has 0 spiro atoms. The van der Waals surface area contributed by atoms with Crippen molar-refractivity contribution in [3.8, 4) is 0 Å².